The molecular weight excluding hydrogens is 273 g/mol. The van der Waals surface area contributed by atoms with E-state index in [1.54, 1.807) is 0 Å². The van der Waals surface area contributed by atoms with Crippen LogP contribution in [0, 0.1) is 0 Å². The fourth-order valence-electron chi connectivity index (χ4n) is 1.58. The molecule has 0 aromatic carbocycles. The molecule has 0 radical (unpaired) electrons. The Labute approximate surface area is 116 Å². The van der Waals surface area contributed by atoms with Crippen molar-refractivity contribution in [3.8, 4) is 5.88 Å². The Morgan fingerprint density at radius 2 is 1.90 bits per heavy atom. The van der Waals surface area contributed by atoms with Crippen molar-refractivity contribution in [1.82, 2.24) is 14.9 Å². The summed E-state index contributed by atoms with van der Waals surface area (Å²) >= 11 is 0. The lowest BCUT2D eigenvalue weighted by Gasteiger charge is -2.18. The second-order valence-electron chi connectivity index (χ2n) is 4.04. The van der Waals surface area contributed by atoms with Crippen LogP contribution in [0.5, 0.6) is 5.88 Å². The van der Waals surface area contributed by atoms with Gasteiger partial charge in [0.15, 0.2) is 5.69 Å². The fourth-order valence-corrected chi connectivity index (χ4v) is 1.58. The van der Waals surface area contributed by atoms with Crippen LogP contribution in [0.4, 0.5) is 19.1 Å². The molecule has 1 rings (SSSR count). The van der Waals surface area contributed by atoms with Gasteiger partial charge in [-0.1, -0.05) is 13.8 Å². The van der Waals surface area contributed by atoms with Crippen molar-refractivity contribution in [2.45, 2.75) is 20.0 Å². The monoisotopic (exact) mass is 292 g/mol. The number of alkyl halides is 3. The molecule has 0 saturated carbocycles. The number of rotatable bonds is 7. The number of nitrogens with zero attached hydrogens (tertiary/aromatic N) is 3. The predicted molar refractivity (Wildman–Crippen MR) is 69.9 cm³/mol. The van der Waals surface area contributed by atoms with Crippen LogP contribution in [-0.4, -0.2) is 48.2 Å². The molecule has 0 amide bonds. The molecule has 0 bridgehead atoms. The molecule has 1 heterocycles. The summed E-state index contributed by atoms with van der Waals surface area (Å²) in [6.45, 7) is 6.65. The van der Waals surface area contributed by atoms with Crippen LogP contribution in [-0.2, 0) is 6.18 Å². The highest BCUT2D eigenvalue weighted by molar-refractivity contribution is 5.31. The molecule has 0 aliphatic carbocycles. The largest absolute Gasteiger partial charge is 0.476 e. The van der Waals surface area contributed by atoms with E-state index in [0.717, 1.165) is 19.2 Å². The molecule has 1 N–H and O–H groups in total. The SMILES string of the molecule is CCN(CC)CCOc1cc(C(F)(F)F)nc(NC)n1. The fraction of sp³-hybridized carbons (Fsp3) is 0.667. The summed E-state index contributed by atoms with van der Waals surface area (Å²) in [6, 6.07) is 0.809. The standard InChI is InChI=1S/C12H19F3N4O/c1-4-19(5-2)6-7-20-10-8-9(12(13,14)15)17-11(16-3)18-10/h8H,4-7H2,1-3H3,(H,16,17,18). The minimum Gasteiger partial charge on any atom is -0.476 e. The van der Waals surface area contributed by atoms with Crippen LogP contribution in [0.2, 0.25) is 0 Å². The number of halogens is 3. The van der Waals surface area contributed by atoms with Crippen LogP contribution in [0.15, 0.2) is 6.07 Å². The Hall–Kier alpha value is -1.57. The molecule has 5 nitrogen and oxygen atoms in total. The lowest BCUT2D eigenvalue weighted by molar-refractivity contribution is -0.141. The van der Waals surface area contributed by atoms with E-state index in [-0.39, 0.29) is 18.4 Å². The summed E-state index contributed by atoms with van der Waals surface area (Å²) in [5.74, 6) is -0.193. The maximum Gasteiger partial charge on any atom is 0.433 e. The highest BCUT2D eigenvalue weighted by Gasteiger charge is 2.34. The molecule has 114 valence electrons. The Balaban J connectivity index is 2.74. The lowest BCUT2D eigenvalue weighted by atomic mass is 10.4. The van der Waals surface area contributed by atoms with Crippen LogP contribution in [0.3, 0.4) is 0 Å². The molecule has 8 heteroatoms. The van der Waals surface area contributed by atoms with Crippen LogP contribution < -0.4 is 10.1 Å². The van der Waals surface area contributed by atoms with Crippen molar-refractivity contribution in [2.24, 2.45) is 0 Å². The lowest BCUT2D eigenvalue weighted by Crippen LogP contribution is -2.28. The zero-order chi connectivity index (χ0) is 15.2. The molecular formula is C12H19F3N4O. The third-order valence-corrected chi connectivity index (χ3v) is 2.77. The molecule has 0 atom stereocenters. The third-order valence-electron chi connectivity index (χ3n) is 2.77. The number of likely N-dealkylation sites (N-methyl/N-ethyl adjacent to an activating group) is 1. The Morgan fingerprint density at radius 1 is 1.25 bits per heavy atom. The van der Waals surface area contributed by atoms with Crippen LogP contribution in [0.1, 0.15) is 19.5 Å². The van der Waals surface area contributed by atoms with Gasteiger partial charge in [0.05, 0.1) is 0 Å². The zero-order valence-electron chi connectivity index (χ0n) is 11.8. The molecule has 0 spiro atoms. The van der Waals surface area contributed by atoms with Gasteiger partial charge in [-0.2, -0.15) is 18.2 Å². The van der Waals surface area contributed by atoms with E-state index in [4.69, 9.17) is 4.74 Å². The van der Waals surface area contributed by atoms with Gasteiger partial charge in [0, 0.05) is 19.7 Å². The average molecular weight is 292 g/mol. The molecule has 0 unspecified atom stereocenters. The molecule has 0 aliphatic heterocycles. The first-order valence-electron chi connectivity index (χ1n) is 6.39. The smallest absolute Gasteiger partial charge is 0.433 e. The predicted octanol–water partition coefficient (Wildman–Crippen LogP) is 2.26. The first-order valence-corrected chi connectivity index (χ1v) is 6.39. The van der Waals surface area contributed by atoms with Crippen molar-refractivity contribution >= 4 is 5.95 Å². The second kappa shape index (κ2) is 7.28. The van der Waals surface area contributed by atoms with Gasteiger partial charge in [-0.3, -0.25) is 0 Å². The van der Waals surface area contributed by atoms with E-state index in [1.807, 2.05) is 13.8 Å². The van der Waals surface area contributed by atoms with Crippen molar-refractivity contribution in [1.29, 1.82) is 0 Å². The van der Waals surface area contributed by atoms with Gasteiger partial charge >= 0.3 is 6.18 Å². The Morgan fingerprint density at radius 3 is 2.40 bits per heavy atom. The molecule has 0 fully saturated rings. The highest BCUT2D eigenvalue weighted by atomic mass is 19.4. The van der Waals surface area contributed by atoms with Gasteiger partial charge in [-0.15, -0.1) is 0 Å². The number of aromatic nitrogens is 2. The number of anilines is 1. The van der Waals surface area contributed by atoms with Gasteiger partial charge in [0.1, 0.15) is 6.61 Å². The number of ether oxygens (including phenoxy) is 1. The minimum absolute atomic E-state index is 0.0798. The maximum atomic E-state index is 12.7. The number of hydrogen-bond donors (Lipinski definition) is 1. The first-order chi connectivity index (χ1) is 9.40. The van der Waals surface area contributed by atoms with Crippen LogP contribution >= 0.6 is 0 Å². The van der Waals surface area contributed by atoms with E-state index >= 15 is 0 Å². The van der Waals surface area contributed by atoms with E-state index in [2.05, 4.69) is 20.2 Å². The summed E-state index contributed by atoms with van der Waals surface area (Å²) in [5.41, 5.74) is -1.02. The van der Waals surface area contributed by atoms with E-state index in [9.17, 15) is 13.2 Å². The van der Waals surface area contributed by atoms with E-state index in [1.165, 1.54) is 7.05 Å². The molecule has 1 aromatic rings. The normalized spacial score (nSPS) is 11.8. The second-order valence-corrected chi connectivity index (χ2v) is 4.04. The highest BCUT2D eigenvalue weighted by Crippen LogP contribution is 2.30. The summed E-state index contributed by atoms with van der Waals surface area (Å²) in [5, 5.41) is 2.49. The summed E-state index contributed by atoms with van der Waals surface area (Å²) < 4.78 is 43.3. The van der Waals surface area contributed by atoms with Gasteiger partial charge in [-0.05, 0) is 13.1 Å². The minimum atomic E-state index is -4.52. The van der Waals surface area contributed by atoms with Crippen molar-refractivity contribution in [3.63, 3.8) is 0 Å². The number of nitrogens with one attached hydrogen (secondary N) is 1. The zero-order valence-corrected chi connectivity index (χ0v) is 11.8. The van der Waals surface area contributed by atoms with Gasteiger partial charge in [0.2, 0.25) is 11.8 Å². The summed E-state index contributed by atoms with van der Waals surface area (Å²) in [6.07, 6.45) is -4.52. The van der Waals surface area contributed by atoms with Crippen molar-refractivity contribution in [3.05, 3.63) is 11.8 Å². The topological polar surface area (TPSA) is 50.3 Å². The van der Waals surface area contributed by atoms with Crippen molar-refractivity contribution < 1.29 is 17.9 Å². The van der Waals surface area contributed by atoms with Gasteiger partial charge in [-0.25, -0.2) is 4.98 Å². The quantitative estimate of drug-likeness (QED) is 0.835. The first kappa shape index (κ1) is 16.5. The molecule has 1 aromatic heterocycles. The average Bonchev–Trinajstić information content (AvgIpc) is 2.42. The van der Waals surface area contributed by atoms with Crippen molar-refractivity contribution in [2.75, 3.05) is 38.6 Å². The number of hydrogen-bond acceptors (Lipinski definition) is 5. The van der Waals surface area contributed by atoms with Crippen LogP contribution in [0.25, 0.3) is 0 Å². The third kappa shape index (κ3) is 4.84. The van der Waals surface area contributed by atoms with E-state index in [0.29, 0.717) is 6.54 Å². The van der Waals surface area contributed by atoms with E-state index < -0.39 is 11.9 Å². The molecule has 20 heavy (non-hydrogen) atoms. The molecule has 0 aliphatic rings. The Kier molecular flexibility index (Phi) is 6.00. The van der Waals surface area contributed by atoms with Gasteiger partial charge in [0.25, 0.3) is 0 Å². The summed E-state index contributed by atoms with van der Waals surface area (Å²) in [4.78, 5) is 9.31. The maximum absolute atomic E-state index is 12.7. The molecule has 0 saturated heterocycles. The van der Waals surface area contributed by atoms with Gasteiger partial charge < -0.3 is 15.0 Å². The Bertz CT molecular complexity index is 422. The summed E-state index contributed by atoms with van der Waals surface area (Å²) in [7, 11) is 1.45.